The molecule has 0 spiro atoms. The van der Waals surface area contributed by atoms with Gasteiger partial charge in [0.25, 0.3) is 11.5 Å². The number of thioether (sulfide) groups is 1. The van der Waals surface area contributed by atoms with Crippen molar-refractivity contribution in [1.29, 1.82) is 0 Å². The van der Waals surface area contributed by atoms with Crippen LogP contribution < -0.4 is 20.3 Å². The van der Waals surface area contributed by atoms with Crippen molar-refractivity contribution in [2.75, 3.05) is 25.6 Å². The van der Waals surface area contributed by atoms with E-state index in [1.54, 1.807) is 11.8 Å². The molecule has 2 aromatic rings. The van der Waals surface area contributed by atoms with Gasteiger partial charge in [0.15, 0.2) is 11.5 Å². The number of aromatic nitrogens is 1. The highest BCUT2D eigenvalue weighted by Gasteiger charge is 2.47. The van der Waals surface area contributed by atoms with Gasteiger partial charge in [-0.3, -0.25) is 19.5 Å². The summed E-state index contributed by atoms with van der Waals surface area (Å²) in [6.45, 7) is 3.94. The van der Waals surface area contributed by atoms with E-state index in [1.165, 1.54) is 12.1 Å². The first kappa shape index (κ1) is 28.9. The molecule has 0 bridgehead atoms. The van der Waals surface area contributed by atoms with Gasteiger partial charge >= 0.3 is 6.29 Å². The van der Waals surface area contributed by atoms with E-state index in [0.717, 1.165) is 24.0 Å². The third-order valence-corrected chi connectivity index (χ3v) is 7.53. The number of pyridine rings is 1. The summed E-state index contributed by atoms with van der Waals surface area (Å²) in [5, 5.41) is 21.7. The van der Waals surface area contributed by atoms with E-state index in [1.807, 2.05) is 0 Å². The van der Waals surface area contributed by atoms with Crippen molar-refractivity contribution in [3.8, 4) is 11.5 Å². The average molecular weight is 575 g/mol. The molecule has 212 valence electrons. The number of hydrogen-bond donors (Lipinski definition) is 4. The molecule has 1 saturated heterocycles. The van der Waals surface area contributed by atoms with Gasteiger partial charge in [-0.15, -0.1) is 20.5 Å². The molecule has 3 atom stereocenters. The number of fused-ring (bicyclic) bond motifs is 1. The van der Waals surface area contributed by atoms with Crippen LogP contribution >= 0.6 is 11.8 Å². The molecule has 1 aromatic carbocycles. The maximum Gasteiger partial charge on any atom is 0.586 e. The number of carbonyl (C=O) groups is 1. The van der Waals surface area contributed by atoms with E-state index in [-0.39, 0.29) is 47.3 Å². The van der Waals surface area contributed by atoms with Gasteiger partial charge in [0.05, 0.1) is 30.1 Å². The van der Waals surface area contributed by atoms with E-state index in [2.05, 4.69) is 31.5 Å². The number of carbonyl (C=O) groups excluding carboxylic acids is 1. The van der Waals surface area contributed by atoms with Crippen LogP contribution in [0.5, 0.6) is 11.5 Å². The summed E-state index contributed by atoms with van der Waals surface area (Å²) in [7, 11) is 0. The van der Waals surface area contributed by atoms with Crippen molar-refractivity contribution in [2.45, 2.75) is 48.5 Å². The smallest absolute Gasteiger partial charge is 0.395 e. The van der Waals surface area contributed by atoms with E-state index in [0.29, 0.717) is 4.90 Å². The fourth-order valence-electron chi connectivity index (χ4n) is 4.40. The predicted octanol–water partition coefficient (Wildman–Crippen LogP) is 2.73. The number of amides is 1. The molecule has 2 aliphatic heterocycles. The molecule has 1 amide bonds. The number of benzene rings is 1. The first-order valence-electron chi connectivity index (χ1n) is 11.8. The quantitative estimate of drug-likeness (QED) is 0.155. The van der Waals surface area contributed by atoms with Crippen LogP contribution in [-0.4, -0.2) is 76.6 Å². The monoisotopic (exact) mass is 574 g/mol. The van der Waals surface area contributed by atoms with Crippen molar-refractivity contribution >= 4 is 30.1 Å². The molecule has 1 aromatic heterocycles. The van der Waals surface area contributed by atoms with Crippen molar-refractivity contribution in [2.24, 2.45) is 4.99 Å². The average Bonchev–Trinajstić information content (AvgIpc) is 3.20. The molecule has 0 radical (unpaired) electrons. The number of likely N-dealkylation sites (tertiary alicyclic amines) is 1. The topological polar surface area (TPSA) is 136 Å². The second-order valence-corrected chi connectivity index (χ2v) is 10.1. The number of rotatable bonds is 9. The lowest BCUT2D eigenvalue weighted by molar-refractivity contribution is -0.286. The van der Waals surface area contributed by atoms with Crippen LogP contribution in [0.15, 0.2) is 39.1 Å². The summed E-state index contributed by atoms with van der Waals surface area (Å²) in [6.07, 6.45) is -4.72. The van der Waals surface area contributed by atoms with Crippen LogP contribution in [0.4, 0.5) is 23.2 Å². The zero-order chi connectivity index (χ0) is 28.5. The fourth-order valence-corrected chi connectivity index (χ4v) is 5.23. The summed E-state index contributed by atoms with van der Waals surface area (Å²) >= 11 is 1.07. The molecular formula is C24H26F4N4O6S. The summed E-state index contributed by atoms with van der Waals surface area (Å²) in [6, 6.07) is 2.88. The SMILES string of the molecule is C=Nc1cc2c(cc1SCNC(=O)C(C)N1CCC(F)(F)C(c3c[nH]c(=O)c(C(O)CO)c3)C1)OC(F)(F)O2. The lowest BCUT2D eigenvalue weighted by atomic mass is 9.86. The molecule has 39 heavy (non-hydrogen) atoms. The molecule has 0 saturated carbocycles. The van der Waals surface area contributed by atoms with Gasteiger partial charge in [0.1, 0.15) is 6.10 Å². The first-order valence-corrected chi connectivity index (χ1v) is 12.8. The number of H-pyrrole nitrogens is 1. The molecule has 0 aliphatic carbocycles. The Morgan fingerprint density at radius 3 is 2.67 bits per heavy atom. The number of aliphatic imine (C=N–C) groups is 1. The number of nitrogens with one attached hydrogen (secondary N) is 2. The zero-order valence-electron chi connectivity index (χ0n) is 20.6. The summed E-state index contributed by atoms with van der Waals surface area (Å²) < 4.78 is 65.4. The Labute approximate surface area is 224 Å². The zero-order valence-corrected chi connectivity index (χ0v) is 21.4. The third-order valence-electron chi connectivity index (χ3n) is 6.60. The Balaban J connectivity index is 1.41. The van der Waals surface area contributed by atoms with Gasteiger partial charge in [-0.05, 0) is 25.3 Å². The van der Waals surface area contributed by atoms with E-state index in [4.69, 9.17) is 0 Å². The Hall–Kier alpha value is -3.14. The Morgan fingerprint density at radius 1 is 1.31 bits per heavy atom. The number of nitrogens with zero attached hydrogens (tertiary/aromatic N) is 2. The molecule has 2 aliphatic rings. The highest BCUT2D eigenvalue weighted by atomic mass is 32.2. The number of halogens is 4. The second kappa shape index (κ2) is 11.2. The second-order valence-electron chi connectivity index (χ2n) is 9.07. The fraction of sp³-hybridized carbons (Fsp3) is 0.458. The first-order chi connectivity index (χ1) is 18.3. The Bertz CT molecular complexity index is 1310. The minimum atomic E-state index is -3.80. The molecule has 1 fully saturated rings. The van der Waals surface area contributed by atoms with Gasteiger partial charge in [0.2, 0.25) is 5.91 Å². The van der Waals surface area contributed by atoms with E-state index < -0.39 is 54.8 Å². The molecule has 10 nitrogen and oxygen atoms in total. The van der Waals surface area contributed by atoms with E-state index in [9.17, 15) is 37.4 Å². The van der Waals surface area contributed by atoms with E-state index >= 15 is 0 Å². The van der Waals surface area contributed by atoms with Gasteiger partial charge in [-0.1, -0.05) is 0 Å². The molecule has 4 N–H and O–H groups in total. The number of aromatic amines is 1. The van der Waals surface area contributed by atoms with Crippen LogP contribution in [0.25, 0.3) is 0 Å². The predicted molar refractivity (Wildman–Crippen MR) is 133 cm³/mol. The number of aliphatic hydroxyl groups is 2. The van der Waals surface area contributed by atoms with Gasteiger partial charge in [-0.2, -0.15) is 0 Å². The van der Waals surface area contributed by atoms with Gasteiger partial charge in [-0.25, -0.2) is 8.78 Å². The number of piperidine rings is 1. The maximum absolute atomic E-state index is 14.9. The minimum Gasteiger partial charge on any atom is -0.395 e. The van der Waals surface area contributed by atoms with Crippen LogP contribution in [0.3, 0.4) is 0 Å². The molecule has 3 heterocycles. The highest BCUT2D eigenvalue weighted by molar-refractivity contribution is 7.99. The largest absolute Gasteiger partial charge is 0.586 e. The van der Waals surface area contributed by atoms with Crippen LogP contribution in [0.1, 0.15) is 36.5 Å². The molecule has 4 rings (SSSR count). The molecular weight excluding hydrogens is 548 g/mol. The minimum absolute atomic E-state index is 0.0114. The van der Waals surface area contributed by atoms with Crippen LogP contribution in [-0.2, 0) is 4.79 Å². The van der Waals surface area contributed by atoms with Crippen molar-refractivity contribution < 1.29 is 42.0 Å². The summed E-state index contributed by atoms with van der Waals surface area (Å²) in [5.41, 5.74) is -0.623. The summed E-state index contributed by atoms with van der Waals surface area (Å²) in [4.78, 5) is 32.9. The van der Waals surface area contributed by atoms with Gasteiger partial charge < -0.3 is 30.0 Å². The summed E-state index contributed by atoms with van der Waals surface area (Å²) in [5.74, 6) is -5.35. The lowest BCUT2D eigenvalue weighted by Gasteiger charge is -2.40. The molecule has 3 unspecified atom stereocenters. The lowest BCUT2D eigenvalue weighted by Crippen LogP contribution is -2.53. The number of aliphatic hydroxyl groups excluding tert-OH is 2. The highest BCUT2D eigenvalue weighted by Crippen LogP contribution is 2.47. The van der Waals surface area contributed by atoms with Gasteiger partial charge in [0, 0.05) is 48.3 Å². The normalized spacial score (nSPS) is 21.3. The Kier molecular flexibility index (Phi) is 8.25. The van der Waals surface area contributed by atoms with Crippen LogP contribution in [0.2, 0.25) is 0 Å². The van der Waals surface area contributed by atoms with Crippen molar-refractivity contribution in [3.63, 3.8) is 0 Å². The molecule has 15 heteroatoms. The standard InChI is InChI=1S/C24H26F4N4O6S/c1-12(21(35)31-11-39-20-7-19-18(6-16(20)29-2)37-24(27,28)38-19)32-4-3-23(25,26)15(9-32)13-5-14(17(34)10-33)22(36)30-8-13/h5-8,12,15,17,33-34H,2-4,9-11H2,1H3,(H,30,36)(H,31,35). The number of alkyl halides is 4. The van der Waals surface area contributed by atoms with Crippen molar-refractivity contribution in [3.05, 3.63) is 45.9 Å². The third kappa shape index (κ3) is 6.21. The van der Waals surface area contributed by atoms with Crippen LogP contribution in [0, 0.1) is 0 Å². The van der Waals surface area contributed by atoms with Crippen molar-refractivity contribution in [1.82, 2.24) is 15.2 Å². The Morgan fingerprint density at radius 2 is 2.00 bits per heavy atom. The number of ether oxygens (including phenoxy) is 2. The maximum atomic E-state index is 14.9. The number of hydrogen-bond acceptors (Lipinski definition) is 9.